The zero-order valence-corrected chi connectivity index (χ0v) is 18.7. The van der Waals surface area contributed by atoms with Gasteiger partial charge in [0.15, 0.2) is 0 Å². The Bertz CT molecular complexity index is 1090. The number of halogens is 2. The molecule has 0 saturated carbocycles. The van der Waals surface area contributed by atoms with Gasteiger partial charge in [-0.1, -0.05) is 0 Å². The zero-order chi connectivity index (χ0) is 23.8. The van der Waals surface area contributed by atoms with Crippen LogP contribution in [0.2, 0.25) is 0 Å². The third kappa shape index (κ3) is 5.64. The summed E-state index contributed by atoms with van der Waals surface area (Å²) < 4.78 is 34.3. The van der Waals surface area contributed by atoms with E-state index in [1.54, 1.807) is 13.1 Å². The molecule has 0 aliphatic carbocycles. The second kappa shape index (κ2) is 11.3. The Labute approximate surface area is 186 Å². The first-order chi connectivity index (χ1) is 15.3. The van der Waals surface area contributed by atoms with E-state index in [1.165, 1.54) is 6.07 Å². The fourth-order valence-electron chi connectivity index (χ4n) is 3.42. The number of pyridine rings is 2. The van der Waals surface area contributed by atoms with Crippen molar-refractivity contribution in [2.24, 2.45) is 11.5 Å². The fourth-order valence-corrected chi connectivity index (χ4v) is 3.42. The first-order valence-electron chi connectivity index (χ1n) is 10.2. The molecule has 1 aromatic carbocycles. The van der Waals surface area contributed by atoms with E-state index in [2.05, 4.69) is 10.7 Å². The van der Waals surface area contributed by atoms with Gasteiger partial charge in [-0.05, 0) is 68.7 Å². The number of nitrogens with two attached hydrogens (primary N) is 2. The summed E-state index contributed by atoms with van der Waals surface area (Å²) in [4.78, 5) is 17.6. The maximum Gasteiger partial charge on any atom is 0.204 e. The Kier molecular flexibility index (Phi) is 8.78. The number of aromatic nitrogens is 2. The Hall–Kier alpha value is -3.39. The van der Waals surface area contributed by atoms with Crippen LogP contribution >= 0.6 is 0 Å². The van der Waals surface area contributed by atoms with Crippen molar-refractivity contribution >= 4 is 6.41 Å². The summed E-state index contributed by atoms with van der Waals surface area (Å²) in [6, 6.07) is 8.13. The van der Waals surface area contributed by atoms with Crippen LogP contribution in [0.25, 0.3) is 11.3 Å². The molecule has 170 valence electrons. The van der Waals surface area contributed by atoms with Gasteiger partial charge in [-0.2, -0.15) is 0 Å². The number of amides is 1. The van der Waals surface area contributed by atoms with Crippen molar-refractivity contribution in [1.82, 2.24) is 9.97 Å². The minimum Gasteiger partial charge on any atom is -0.491 e. The SMILES string of the molecule is CCOc1c(C)cc(C(CN)c2ccnc(C)c2)nc1-c1cc(C)c(F)cc1F.NC=O. The Morgan fingerprint density at radius 1 is 1.09 bits per heavy atom. The summed E-state index contributed by atoms with van der Waals surface area (Å²) in [5.41, 5.74) is 14.5. The standard InChI is InChI=1S/C23H25F2N3O.CH3NO/c1-5-29-23-14(3)9-21(18(12-26)16-6-7-27-15(4)10-16)28-22(23)17-8-13(2)19(24)11-20(17)25;2-1-3/h6-11,18H,5,12,26H2,1-4H3;1H,(H2,2,3). The summed E-state index contributed by atoms with van der Waals surface area (Å²) in [6.45, 7) is 7.98. The van der Waals surface area contributed by atoms with Gasteiger partial charge in [0, 0.05) is 36.0 Å². The van der Waals surface area contributed by atoms with Crippen molar-refractivity contribution < 1.29 is 18.3 Å². The first-order valence-corrected chi connectivity index (χ1v) is 10.2. The van der Waals surface area contributed by atoms with Crippen molar-refractivity contribution in [2.75, 3.05) is 13.2 Å². The van der Waals surface area contributed by atoms with Crippen LogP contribution in [0, 0.1) is 32.4 Å². The van der Waals surface area contributed by atoms with Gasteiger partial charge >= 0.3 is 0 Å². The molecule has 1 atom stereocenters. The summed E-state index contributed by atoms with van der Waals surface area (Å²) in [7, 11) is 0. The fraction of sp³-hybridized carbons (Fsp3) is 0.292. The number of ether oxygens (including phenoxy) is 1. The van der Waals surface area contributed by atoms with Gasteiger partial charge in [-0.25, -0.2) is 13.8 Å². The normalized spacial score (nSPS) is 11.3. The summed E-state index contributed by atoms with van der Waals surface area (Å²) >= 11 is 0. The second-order valence-corrected chi connectivity index (χ2v) is 7.21. The molecule has 6 nitrogen and oxygen atoms in total. The predicted molar refractivity (Wildman–Crippen MR) is 120 cm³/mol. The zero-order valence-electron chi connectivity index (χ0n) is 18.7. The molecule has 0 fully saturated rings. The van der Waals surface area contributed by atoms with Gasteiger partial charge in [0.25, 0.3) is 0 Å². The predicted octanol–water partition coefficient (Wildman–Crippen LogP) is 3.94. The molecule has 0 saturated heterocycles. The van der Waals surface area contributed by atoms with E-state index in [-0.39, 0.29) is 17.9 Å². The summed E-state index contributed by atoms with van der Waals surface area (Å²) in [6.07, 6.45) is 1.98. The highest BCUT2D eigenvalue weighted by molar-refractivity contribution is 5.70. The van der Waals surface area contributed by atoms with Crippen LogP contribution in [-0.2, 0) is 4.79 Å². The number of aryl methyl sites for hydroxylation is 3. The molecule has 1 amide bonds. The van der Waals surface area contributed by atoms with E-state index in [0.717, 1.165) is 22.9 Å². The summed E-state index contributed by atoms with van der Waals surface area (Å²) in [5.74, 6) is -0.969. The smallest absolute Gasteiger partial charge is 0.204 e. The topological polar surface area (TPSA) is 104 Å². The molecule has 3 aromatic rings. The van der Waals surface area contributed by atoms with E-state index in [4.69, 9.17) is 20.2 Å². The molecular weight excluding hydrogens is 414 g/mol. The molecule has 0 aliphatic heterocycles. The molecule has 32 heavy (non-hydrogen) atoms. The van der Waals surface area contributed by atoms with Crippen LogP contribution in [0.15, 0.2) is 36.5 Å². The van der Waals surface area contributed by atoms with E-state index in [0.29, 0.717) is 35.9 Å². The molecule has 2 heterocycles. The maximum atomic E-state index is 14.7. The number of hydrogen-bond acceptors (Lipinski definition) is 5. The van der Waals surface area contributed by atoms with Crippen molar-refractivity contribution in [2.45, 2.75) is 33.6 Å². The Morgan fingerprint density at radius 2 is 1.78 bits per heavy atom. The lowest BCUT2D eigenvalue weighted by molar-refractivity contribution is -0.106. The average Bonchev–Trinajstić information content (AvgIpc) is 2.74. The minimum atomic E-state index is -0.679. The molecule has 4 N–H and O–H groups in total. The van der Waals surface area contributed by atoms with Crippen molar-refractivity contribution in [3.63, 3.8) is 0 Å². The third-order valence-corrected chi connectivity index (χ3v) is 4.89. The van der Waals surface area contributed by atoms with Gasteiger partial charge in [0.2, 0.25) is 6.41 Å². The van der Waals surface area contributed by atoms with Crippen molar-refractivity contribution in [3.8, 4) is 17.0 Å². The largest absolute Gasteiger partial charge is 0.491 e. The number of carbonyl (C=O) groups excluding carboxylic acids is 1. The lowest BCUT2D eigenvalue weighted by Crippen LogP contribution is -2.16. The average molecular weight is 443 g/mol. The number of nitrogens with zero attached hydrogens (tertiary/aromatic N) is 2. The molecule has 8 heteroatoms. The van der Waals surface area contributed by atoms with E-state index in [1.807, 2.05) is 39.0 Å². The molecule has 0 radical (unpaired) electrons. The van der Waals surface area contributed by atoms with Gasteiger partial charge < -0.3 is 16.2 Å². The number of benzene rings is 1. The van der Waals surface area contributed by atoms with Crippen LogP contribution in [0.3, 0.4) is 0 Å². The van der Waals surface area contributed by atoms with Gasteiger partial charge in [0.05, 0.1) is 12.3 Å². The van der Waals surface area contributed by atoms with Crippen LogP contribution in [0.5, 0.6) is 5.75 Å². The maximum absolute atomic E-state index is 14.7. The van der Waals surface area contributed by atoms with Gasteiger partial charge in [0.1, 0.15) is 23.1 Å². The number of carbonyl (C=O) groups is 1. The molecule has 0 aliphatic rings. The lowest BCUT2D eigenvalue weighted by Gasteiger charge is -2.20. The highest BCUT2D eigenvalue weighted by Crippen LogP contribution is 2.37. The minimum absolute atomic E-state index is 0.186. The molecular formula is C24H28F2N4O2. The van der Waals surface area contributed by atoms with Crippen LogP contribution in [-0.4, -0.2) is 29.5 Å². The van der Waals surface area contributed by atoms with Gasteiger partial charge in [-0.15, -0.1) is 0 Å². The number of rotatable bonds is 6. The summed E-state index contributed by atoms with van der Waals surface area (Å²) in [5, 5.41) is 0. The van der Waals surface area contributed by atoms with Crippen LogP contribution in [0.1, 0.15) is 40.9 Å². The van der Waals surface area contributed by atoms with E-state index >= 15 is 0 Å². The van der Waals surface area contributed by atoms with Crippen LogP contribution < -0.4 is 16.2 Å². The quantitative estimate of drug-likeness (QED) is 0.563. The van der Waals surface area contributed by atoms with Crippen molar-refractivity contribution in [3.05, 3.63) is 76.2 Å². The molecule has 1 unspecified atom stereocenters. The number of hydrogen-bond donors (Lipinski definition) is 2. The highest BCUT2D eigenvalue weighted by Gasteiger charge is 2.22. The van der Waals surface area contributed by atoms with Crippen LogP contribution in [0.4, 0.5) is 8.78 Å². The van der Waals surface area contributed by atoms with E-state index < -0.39 is 11.6 Å². The monoisotopic (exact) mass is 442 g/mol. The number of primary amides is 1. The third-order valence-electron chi connectivity index (χ3n) is 4.89. The lowest BCUT2D eigenvalue weighted by atomic mass is 9.93. The highest BCUT2D eigenvalue weighted by atomic mass is 19.1. The second-order valence-electron chi connectivity index (χ2n) is 7.21. The molecule has 0 spiro atoms. The Morgan fingerprint density at radius 3 is 2.38 bits per heavy atom. The molecule has 2 aromatic heterocycles. The molecule has 0 bridgehead atoms. The first kappa shape index (κ1) is 24.9. The van der Waals surface area contributed by atoms with Gasteiger partial charge in [-0.3, -0.25) is 9.78 Å². The van der Waals surface area contributed by atoms with E-state index in [9.17, 15) is 8.78 Å². The molecule has 3 rings (SSSR count). The Balaban J connectivity index is 0.00000114. The van der Waals surface area contributed by atoms with Crippen molar-refractivity contribution in [1.29, 1.82) is 0 Å².